The quantitative estimate of drug-likeness (QED) is 0.290. The van der Waals surface area contributed by atoms with Gasteiger partial charge in [-0.25, -0.2) is 4.68 Å². The number of hydrogen-bond donors (Lipinski definition) is 1. The van der Waals surface area contributed by atoms with Crippen LogP contribution in [0.15, 0.2) is 79.9 Å². The molecule has 3 aliphatic heterocycles. The van der Waals surface area contributed by atoms with Gasteiger partial charge in [0.25, 0.3) is 0 Å². The summed E-state index contributed by atoms with van der Waals surface area (Å²) in [6.45, 7) is 9.86. The lowest BCUT2D eigenvalue weighted by atomic mass is 9.64. The van der Waals surface area contributed by atoms with Crippen LogP contribution in [0.4, 0.5) is 0 Å². The summed E-state index contributed by atoms with van der Waals surface area (Å²) < 4.78 is 8.62. The Kier molecular flexibility index (Phi) is 8.56. The van der Waals surface area contributed by atoms with Gasteiger partial charge in [0, 0.05) is 20.1 Å². The summed E-state index contributed by atoms with van der Waals surface area (Å²) in [6.07, 6.45) is 5.12. The van der Waals surface area contributed by atoms with Crippen LogP contribution in [0.1, 0.15) is 31.7 Å². The molecule has 11 heteroatoms. The van der Waals surface area contributed by atoms with E-state index in [0.717, 1.165) is 11.1 Å². The highest BCUT2D eigenvalue weighted by molar-refractivity contribution is 5.99. The molecule has 1 aromatic heterocycles. The van der Waals surface area contributed by atoms with Gasteiger partial charge >= 0.3 is 0 Å². The predicted molar refractivity (Wildman–Crippen MR) is 172 cm³/mol. The van der Waals surface area contributed by atoms with E-state index in [0.29, 0.717) is 37.7 Å². The number of nitrogens with zero attached hydrogens (tertiary/aromatic N) is 6. The van der Waals surface area contributed by atoms with Crippen molar-refractivity contribution < 1.29 is 24.2 Å². The zero-order valence-electron chi connectivity index (χ0n) is 26.5. The molecule has 11 nitrogen and oxygen atoms in total. The second-order valence-electron chi connectivity index (χ2n) is 12.7. The molecule has 3 amide bonds. The summed E-state index contributed by atoms with van der Waals surface area (Å²) >= 11 is 0. The first-order valence-electron chi connectivity index (χ1n) is 16.0. The summed E-state index contributed by atoms with van der Waals surface area (Å²) in [5, 5.41) is 19.4. The van der Waals surface area contributed by atoms with Gasteiger partial charge in [0.1, 0.15) is 23.8 Å². The van der Waals surface area contributed by atoms with Gasteiger partial charge in [0.2, 0.25) is 17.7 Å². The van der Waals surface area contributed by atoms with Gasteiger partial charge in [-0.05, 0) is 43.4 Å². The molecule has 0 radical (unpaired) electrons. The van der Waals surface area contributed by atoms with E-state index in [4.69, 9.17) is 4.74 Å². The number of aliphatic hydroxyl groups is 1. The second-order valence-corrected chi connectivity index (χ2v) is 12.7. The van der Waals surface area contributed by atoms with Crippen LogP contribution in [0.3, 0.4) is 0 Å². The maximum Gasteiger partial charge on any atom is 0.250 e. The Hall–Kier alpha value is -4.35. The van der Waals surface area contributed by atoms with Gasteiger partial charge in [-0.3, -0.25) is 14.4 Å². The van der Waals surface area contributed by atoms with E-state index in [9.17, 15) is 14.7 Å². The third-order valence-corrected chi connectivity index (χ3v) is 10.2. The number of benzene rings is 2. The minimum atomic E-state index is -1.24. The molecule has 6 atom stereocenters. The molecule has 0 saturated carbocycles. The lowest BCUT2D eigenvalue weighted by Crippen LogP contribution is -2.59. The van der Waals surface area contributed by atoms with Crippen LogP contribution in [0.5, 0.6) is 0 Å². The first kappa shape index (κ1) is 31.6. The van der Waals surface area contributed by atoms with E-state index < -0.39 is 35.1 Å². The summed E-state index contributed by atoms with van der Waals surface area (Å²) in [5.41, 5.74) is 0.252. The average molecular weight is 627 g/mol. The normalized spacial score (nSPS) is 27.1. The van der Waals surface area contributed by atoms with Gasteiger partial charge in [0.05, 0.1) is 35.6 Å². The van der Waals surface area contributed by atoms with Crippen LogP contribution < -0.4 is 0 Å². The summed E-state index contributed by atoms with van der Waals surface area (Å²) in [4.78, 5) is 48.7. The predicted octanol–water partition coefficient (Wildman–Crippen LogP) is 2.81. The second kappa shape index (κ2) is 12.4. The van der Waals surface area contributed by atoms with Crippen molar-refractivity contribution in [3.63, 3.8) is 0 Å². The highest BCUT2D eigenvalue weighted by Crippen LogP contribution is 2.65. The third-order valence-electron chi connectivity index (χ3n) is 10.2. The monoisotopic (exact) mass is 626 g/mol. The van der Waals surface area contributed by atoms with Crippen molar-refractivity contribution in [1.82, 2.24) is 29.7 Å². The molecule has 1 spiro atoms. The average Bonchev–Trinajstić information content (AvgIpc) is 3.80. The number of para-hydroxylation sites is 1. The van der Waals surface area contributed by atoms with E-state index in [1.807, 2.05) is 61.5 Å². The van der Waals surface area contributed by atoms with Gasteiger partial charge in [0.15, 0.2) is 0 Å². The number of likely N-dealkylation sites (N-methyl/N-ethyl adjacent to an activating group) is 1. The van der Waals surface area contributed by atoms with Gasteiger partial charge in [-0.15, -0.1) is 18.3 Å². The third kappa shape index (κ3) is 4.93. The van der Waals surface area contributed by atoms with Crippen molar-refractivity contribution in [2.45, 2.75) is 62.6 Å². The molecule has 242 valence electrons. The van der Waals surface area contributed by atoms with Crippen LogP contribution >= 0.6 is 0 Å². The van der Waals surface area contributed by atoms with Crippen molar-refractivity contribution >= 4 is 28.8 Å². The Bertz CT molecular complexity index is 1640. The minimum absolute atomic E-state index is 0.0659. The Morgan fingerprint density at radius 3 is 2.50 bits per heavy atom. The van der Waals surface area contributed by atoms with Gasteiger partial charge in [-0.2, -0.15) is 0 Å². The van der Waals surface area contributed by atoms with Crippen LogP contribution in [-0.2, 0) is 32.2 Å². The summed E-state index contributed by atoms with van der Waals surface area (Å²) in [6, 6.07) is 15.3. The zero-order valence-corrected chi connectivity index (χ0v) is 26.5. The SMILES string of the molecule is C=CCN(C)C(=O)[C@H]1[C@H]2C(=O)N([C@@H](CO)Cc3ccccc3)C(C(=O)N(CC=C)Cn3nnc4ccccc43)C23CC[C@]1(CC)O3. The van der Waals surface area contributed by atoms with E-state index in [1.54, 1.807) is 33.7 Å². The number of aromatic nitrogens is 3. The molecule has 2 bridgehead atoms. The molecule has 6 rings (SSSR count). The van der Waals surface area contributed by atoms with E-state index in [1.165, 1.54) is 4.90 Å². The highest BCUT2D eigenvalue weighted by Gasteiger charge is 2.79. The number of fused-ring (bicyclic) bond motifs is 2. The molecular weight excluding hydrogens is 584 g/mol. The van der Waals surface area contributed by atoms with Gasteiger partial charge < -0.3 is 24.5 Å². The minimum Gasteiger partial charge on any atom is -0.394 e. The van der Waals surface area contributed by atoms with Gasteiger partial charge in [-0.1, -0.05) is 66.8 Å². The van der Waals surface area contributed by atoms with Crippen molar-refractivity contribution in [3.05, 3.63) is 85.5 Å². The molecule has 1 N–H and O–H groups in total. The first-order chi connectivity index (χ1) is 22.2. The topological polar surface area (TPSA) is 121 Å². The van der Waals surface area contributed by atoms with E-state index in [2.05, 4.69) is 23.5 Å². The molecule has 0 aliphatic carbocycles. The van der Waals surface area contributed by atoms with E-state index >= 15 is 4.79 Å². The Labute approximate surface area is 269 Å². The van der Waals surface area contributed by atoms with Crippen LogP contribution in [-0.4, -0.2) is 103 Å². The first-order valence-corrected chi connectivity index (χ1v) is 16.0. The fourth-order valence-electron chi connectivity index (χ4n) is 8.09. The number of aliphatic hydroxyl groups excluding tert-OH is 1. The maximum atomic E-state index is 15.0. The highest BCUT2D eigenvalue weighted by atomic mass is 16.5. The van der Waals surface area contributed by atoms with Crippen molar-refractivity contribution in [2.75, 3.05) is 26.7 Å². The molecule has 2 unspecified atom stereocenters. The smallest absolute Gasteiger partial charge is 0.250 e. The maximum absolute atomic E-state index is 15.0. The Balaban J connectivity index is 1.45. The molecule has 3 saturated heterocycles. The lowest BCUT2D eigenvalue weighted by molar-refractivity contribution is -0.158. The molecular formula is C35H42N6O5. The van der Waals surface area contributed by atoms with Crippen molar-refractivity contribution in [1.29, 1.82) is 0 Å². The number of hydrogen-bond acceptors (Lipinski definition) is 7. The number of amides is 3. The number of carbonyl (C=O) groups excluding carboxylic acids is 3. The lowest BCUT2D eigenvalue weighted by Gasteiger charge is -2.39. The number of carbonyl (C=O) groups is 3. The molecule has 2 aromatic carbocycles. The molecule has 3 fully saturated rings. The van der Waals surface area contributed by atoms with Crippen LogP contribution in [0.2, 0.25) is 0 Å². The summed E-state index contributed by atoms with van der Waals surface area (Å²) in [7, 11) is 1.70. The van der Waals surface area contributed by atoms with Crippen molar-refractivity contribution in [2.24, 2.45) is 11.8 Å². The van der Waals surface area contributed by atoms with Crippen LogP contribution in [0.25, 0.3) is 11.0 Å². The Morgan fingerprint density at radius 1 is 1.09 bits per heavy atom. The summed E-state index contributed by atoms with van der Waals surface area (Å²) in [5.74, 6) is -2.53. The molecule has 46 heavy (non-hydrogen) atoms. The standard InChI is InChI=1S/C35H42N6O5/c1-5-19-38(4)31(43)28-29-32(44)41(25(22-42)21-24-13-9-8-10-14-24)30(35(29)18-17-34(28,7-3)46-35)33(45)39(20-6-2)23-40-27-16-12-11-15-26(27)36-37-40/h5-6,8-16,25,28-30,42H,1-2,7,17-23H2,3-4H3/t25-,28-,29+,30?,34+,35?/m1/s1. The Morgan fingerprint density at radius 2 is 1.80 bits per heavy atom. The fourth-order valence-corrected chi connectivity index (χ4v) is 8.09. The molecule has 3 aromatic rings. The molecule has 3 aliphatic rings. The zero-order chi connectivity index (χ0) is 32.6. The number of ether oxygens (including phenoxy) is 1. The van der Waals surface area contributed by atoms with Crippen molar-refractivity contribution in [3.8, 4) is 0 Å². The van der Waals surface area contributed by atoms with E-state index in [-0.39, 0.29) is 37.5 Å². The molecule has 4 heterocycles. The fraction of sp³-hybridized carbons (Fsp3) is 0.457. The van der Waals surface area contributed by atoms with Crippen LogP contribution in [0, 0.1) is 11.8 Å². The number of rotatable bonds is 13. The largest absolute Gasteiger partial charge is 0.394 e. The number of likely N-dealkylation sites (tertiary alicyclic amines) is 1.